The van der Waals surface area contributed by atoms with Gasteiger partial charge in [-0.3, -0.25) is 0 Å². The van der Waals surface area contributed by atoms with Crippen molar-refractivity contribution < 1.29 is 0 Å². The van der Waals surface area contributed by atoms with E-state index in [9.17, 15) is 0 Å². The molecule has 0 bridgehead atoms. The van der Waals surface area contributed by atoms with E-state index < -0.39 is 0 Å². The normalized spacial score (nSPS) is 22.9. The highest BCUT2D eigenvalue weighted by molar-refractivity contribution is 7.99. The summed E-state index contributed by atoms with van der Waals surface area (Å²) in [7, 11) is 0. The van der Waals surface area contributed by atoms with E-state index in [2.05, 4.69) is 32.7 Å². The van der Waals surface area contributed by atoms with Gasteiger partial charge in [0.2, 0.25) is 0 Å². The highest BCUT2D eigenvalue weighted by Gasteiger charge is 2.31. The summed E-state index contributed by atoms with van der Waals surface area (Å²) >= 11 is 1.92. The number of rotatable bonds is 4. The SMILES string of the molecule is CCC(C)SCc1ncc2c(n1)CC(C)(C)CC2N. The Morgan fingerprint density at radius 2 is 2.26 bits per heavy atom. The molecule has 0 saturated carbocycles. The van der Waals surface area contributed by atoms with Crippen LogP contribution in [-0.2, 0) is 12.2 Å². The fourth-order valence-corrected chi connectivity index (χ4v) is 3.36. The van der Waals surface area contributed by atoms with Crippen molar-refractivity contribution in [3.8, 4) is 0 Å². The molecule has 106 valence electrons. The van der Waals surface area contributed by atoms with E-state index in [4.69, 9.17) is 10.7 Å². The second-order valence-electron chi connectivity index (χ2n) is 6.37. The summed E-state index contributed by atoms with van der Waals surface area (Å²) in [6, 6.07) is 0.0926. The van der Waals surface area contributed by atoms with Gasteiger partial charge in [-0.2, -0.15) is 11.8 Å². The fraction of sp³-hybridized carbons (Fsp3) is 0.733. The predicted octanol–water partition coefficient (Wildman–Crippen LogP) is 3.48. The second kappa shape index (κ2) is 5.80. The summed E-state index contributed by atoms with van der Waals surface area (Å²) in [5, 5.41) is 0.665. The van der Waals surface area contributed by atoms with Gasteiger partial charge in [-0.05, 0) is 24.7 Å². The van der Waals surface area contributed by atoms with Crippen LogP contribution in [0.25, 0.3) is 0 Å². The van der Waals surface area contributed by atoms with E-state index in [0.717, 1.165) is 30.0 Å². The van der Waals surface area contributed by atoms with Gasteiger partial charge in [0.15, 0.2) is 0 Å². The zero-order valence-electron chi connectivity index (χ0n) is 12.4. The van der Waals surface area contributed by atoms with Crippen molar-refractivity contribution in [1.29, 1.82) is 0 Å². The maximum absolute atomic E-state index is 6.23. The van der Waals surface area contributed by atoms with Gasteiger partial charge in [-0.15, -0.1) is 0 Å². The van der Waals surface area contributed by atoms with Crippen molar-refractivity contribution in [1.82, 2.24) is 9.97 Å². The number of aromatic nitrogens is 2. The van der Waals surface area contributed by atoms with Gasteiger partial charge in [0.1, 0.15) is 5.82 Å². The molecular formula is C15H25N3S. The van der Waals surface area contributed by atoms with Crippen molar-refractivity contribution in [2.24, 2.45) is 11.1 Å². The van der Waals surface area contributed by atoms with Crippen molar-refractivity contribution in [2.75, 3.05) is 0 Å². The molecule has 0 aromatic carbocycles. The second-order valence-corrected chi connectivity index (χ2v) is 7.80. The van der Waals surface area contributed by atoms with E-state index in [1.165, 1.54) is 12.1 Å². The Hall–Kier alpha value is -0.610. The van der Waals surface area contributed by atoms with Crippen LogP contribution in [0.3, 0.4) is 0 Å². The Balaban J connectivity index is 2.14. The van der Waals surface area contributed by atoms with Crippen LogP contribution >= 0.6 is 11.8 Å². The van der Waals surface area contributed by atoms with Crippen LogP contribution in [0.4, 0.5) is 0 Å². The molecule has 0 spiro atoms. The Bertz CT molecular complexity index is 445. The summed E-state index contributed by atoms with van der Waals surface area (Å²) in [5.74, 6) is 1.85. The molecule has 2 atom stereocenters. The molecule has 1 aliphatic carbocycles. The monoisotopic (exact) mass is 279 g/mol. The first kappa shape index (κ1) is 14.8. The molecule has 0 saturated heterocycles. The van der Waals surface area contributed by atoms with Gasteiger partial charge in [-0.25, -0.2) is 9.97 Å². The number of hydrogen-bond donors (Lipinski definition) is 1. The van der Waals surface area contributed by atoms with Crippen LogP contribution in [0, 0.1) is 5.41 Å². The minimum atomic E-state index is 0.0926. The molecule has 1 aliphatic rings. The van der Waals surface area contributed by atoms with Crippen molar-refractivity contribution in [3.63, 3.8) is 0 Å². The maximum atomic E-state index is 6.23. The average molecular weight is 279 g/mol. The lowest BCUT2D eigenvalue weighted by atomic mass is 9.74. The third-order valence-electron chi connectivity index (χ3n) is 3.84. The summed E-state index contributed by atoms with van der Waals surface area (Å²) in [5.41, 5.74) is 8.80. The van der Waals surface area contributed by atoms with E-state index in [1.54, 1.807) is 0 Å². The quantitative estimate of drug-likeness (QED) is 0.916. The molecule has 4 heteroatoms. The molecule has 1 heterocycles. The van der Waals surface area contributed by atoms with Crippen LogP contribution in [0.15, 0.2) is 6.20 Å². The molecule has 2 unspecified atom stereocenters. The first-order chi connectivity index (χ1) is 8.91. The van der Waals surface area contributed by atoms with Crippen LogP contribution in [0.1, 0.15) is 63.7 Å². The number of nitrogens with two attached hydrogens (primary N) is 1. The molecule has 0 aliphatic heterocycles. The molecule has 0 amide bonds. The minimum absolute atomic E-state index is 0.0926. The zero-order valence-corrected chi connectivity index (χ0v) is 13.3. The zero-order chi connectivity index (χ0) is 14.0. The summed E-state index contributed by atoms with van der Waals surface area (Å²) in [4.78, 5) is 9.24. The van der Waals surface area contributed by atoms with Gasteiger partial charge in [-0.1, -0.05) is 27.7 Å². The predicted molar refractivity (Wildman–Crippen MR) is 82.1 cm³/mol. The van der Waals surface area contributed by atoms with Crippen LogP contribution in [0.2, 0.25) is 0 Å². The van der Waals surface area contributed by atoms with Gasteiger partial charge in [0.05, 0.1) is 5.75 Å². The van der Waals surface area contributed by atoms with Crippen LogP contribution in [-0.4, -0.2) is 15.2 Å². The third kappa shape index (κ3) is 3.69. The maximum Gasteiger partial charge on any atom is 0.138 e. The fourth-order valence-electron chi connectivity index (χ4n) is 2.55. The lowest BCUT2D eigenvalue weighted by molar-refractivity contribution is 0.277. The largest absolute Gasteiger partial charge is 0.324 e. The minimum Gasteiger partial charge on any atom is -0.324 e. The number of hydrogen-bond acceptors (Lipinski definition) is 4. The molecule has 3 nitrogen and oxygen atoms in total. The van der Waals surface area contributed by atoms with Crippen molar-refractivity contribution in [2.45, 2.75) is 64.0 Å². The first-order valence-corrected chi connectivity index (χ1v) is 8.18. The Morgan fingerprint density at radius 3 is 2.95 bits per heavy atom. The molecule has 19 heavy (non-hydrogen) atoms. The number of thioether (sulfide) groups is 1. The van der Waals surface area contributed by atoms with Gasteiger partial charge >= 0.3 is 0 Å². The molecule has 2 rings (SSSR count). The van der Waals surface area contributed by atoms with Crippen molar-refractivity contribution >= 4 is 11.8 Å². The highest BCUT2D eigenvalue weighted by atomic mass is 32.2. The Labute approximate surface area is 120 Å². The van der Waals surface area contributed by atoms with E-state index >= 15 is 0 Å². The first-order valence-electron chi connectivity index (χ1n) is 7.13. The molecular weight excluding hydrogens is 254 g/mol. The average Bonchev–Trinajstić information content (AvgIpc) is 2.33. The summed E-state index contributed by atoms with van der Waals surface area (Å²) in [6.45, 7) is 9.01. The van der Waals surface area contributed by atoms with E-state index in [1.807, 2.05) is 18.0 Å². The lowest BCUT2D eigenvalue weighted by Crippen LogP contribution is -2.31. The molecule has 0 fully saturated rings. The smallest absolute Gasteiger partial charge is 0.138 e. The molecule has 1 aromatic heterocycles. The highest BCUT2D eigenvalue weighted by Crippen LogP contribution is 2.38. The van der Waals surface area contributed by atoms with Crippen LogP contribution < -0.4 is 5.73 Å². The third-order valence-corrected chi connectivity index (χ3v) is 5.17. The molecule has 1 aromatic rings. The van der Waals surface area contributed by atoms with E-state index in [-0.39, 0.29) is 11.5 Å². The van der Waals surface area contributed by atoms with E-state index in [0.29, 0.717) is 5.25 Å². The summed E-state index contributed by atoms with van der Waals surface area (Å²) < 4.78 is 0. The lowest BCUT2D eigenvalue weighted by Gasteiger charge is -2.34. The Morgan fingerprint density at radius 1 is 1.53 bits per heavy atom. The molecule has 2 N–H and O–H groups in total. The number of nitrogens with zero attached hydrogens (tertiary/aromatic N) is 2. The van der Waals surface area contributed by atoms with Crippen molar-refractivity contribution in [3.05, 3.63) is 23.3 Å². The standard InChI is InChI=1S/C15H25N3S/c1-5-10(2)19-9-14-17-8-11-12(16)6-15(3,4)7-13(11)18-14/h8,10,12H,5-7,9,16H2,1-4H3. The Kier molecular flexibility index (Phi) is 4.51. The van der Waals surface area contributed by atoms with Gasteiger partial charge < -0.3 is 5.73 Å². The van der Waals surface area contributed by atoms with Gasteiger partial charge in [0.25, 0.3) is 0 Å². The number of fused-ring (bicyclic) bond motifs is 1. The van der Waals surface area contributed by atoms with Gasteiger partial charge in [0, 0.05) is 28.7 Å². The van der Waals surface area contributed by atoms with Crippen LogP contribution in [0.5, 0.6) is 0 Å². The summed E-state index contributed by atoms with van der Waals surface area (Å²) in [6.07, 6.45) is 5.17. The topological polar surface area (TPSA) is 51.8 Å². The molecule has 0 radical (unpaired) electrons.